The summed E-state index contributed by atoms with van der Waals surface area (Å²) in [6, 6.07) is -0.102. The fourth-order valence-electron chi connectivity index (χ4n) is 7.11. The number of aromatic nitrogens is 2. The molecule has 0 radical (unpaired) electrons. The molecule has 0 saturated heterocycles. The lowest BCUT2D eigenvalue weighted by Gasteiger charge is -2.26. The molecule has 2 aromatic rings. The fourth-order valence-corrected chi connectivity index (χ4v) is 7.11. The molecule has 0 saturated carbocycles. The topological polar surface area (TPSA) is 519 Å². The molecule has 1 heterocycles. The van der Waals surface area contributed by atoms with Gasteiger partial charge in [0.1, 0.15) is 54.7 Å². The molecule has 0 unspecified atom stereocenters. The van der Waals surface area contributed by atoms with Crippen molar-refractivity contribution in [2.75, 3.05) is 31.6 Å². The van der Waals surface area contributed by atoms with E-state index in [0.717, 1.165) is 0 Å². The molecule has 12 atom stereocenters. The highest BCUT2D eigenvalue weighted by atomic mass is 16.4. The number of anilines is 1. The number of carboxylic acids is 2. The number of benzene rings is 1. The van der Waals surface area contributed by atoms with Gasteiger partial charge in [0, 0.05) is 68.7 Å². The summed E-state index contributed by atoms with van der Waals surface area (Å²) in [5.41, 5.74) is 1.68. The Kier molecular flexibility index (Phi) is 29.9. The van der Waals surface area contributed by atoms with Gasteiger partial charge in [-0.1, -0.05) is 0 Å². The molecule has 80 heavy (non-hydrogen) atoms. The summed E-state index contributed by atoms with van der Waals surface area (Å²) < 4.78 is 0. The largest absolute Gasteiger partial charge is 0.481 e. The Bertz CT molecular complexity index is 2430. The van der Waals surface area contributed by atoms with E-state index >= 15 is 0 Å². The second-order valence-corrected chi connectivity index (χ2v) is 18.8. The standard InChI is InChI=1S/C49H74N10O21/c1-23(2)54-45-40(25(4)62)56-28(18-53-45)17-50-27-8-6-26(7-9-27)46(76)59-31(49(79)80)11-15-38(69)57-29(10-14-37(68)52-20-33(64)42(73)44(75)35(66)22-61)48(78)58-30(12-16-39(70)71)47(77)55-24(3)5-13-36(67)51-19-32(63)41(72)43(74)34(65)21-60/h6-9,18,24,29-35,41-44,50,60-61,63-66,72-75H,5,10-17,19-22H2,1-4H3,(H,51,67)(H,52,68)(H,55,77)(H,57,69)(H,58,78)(H,59,76)(H,70,71)(H,79,80)/t24-,29+,30+,31+,32+,33+,34-,35-,41-,42-,43-,44-/m1/s1. The Hall–Kier alpha value is -7.20. The number of Topliss-reactive ketones (excluding diaryl/α,β-unsaturated/α-hetero) is 1. The second-order valence-electron chi connectivity index (χ2n) is 18.8. The fraction of sp³-hybridized carbons (Fsp3) is 0.592. The molecule has 0 fully saturated rings. The van der Waals surface area contributed by atoms with Crippen LogP contribution in [0.1, 0.15) is 106 Å². The van der Waals surface area contributed by atoms with Crippen LogP contribution in [-0.4, -0.2) is 229 Å². The van der Waals surface area contributed by atoms with E-state index in [0.29, 0.717) is 17.1 Å². The molecule has 19 N–H and O–H groups in total. The van der Waals surface area contributed by atoms with E-state index in [9.17, 15) is 94.2 Å². The van der Waals surface area contributed by atoms with Gasteiger partial charge in [-0.2, -0.15) is 0 Å². The Morgan fingerprint density at radius 3 is 1.55 bits per heavy atom. The van der Waals surface area contributed by atoms with Gasteiger partial charge in [-0.15, -0.1) is 0 Å². The normalized spacial score (nSPS) is 15.7. The van der Waals surface area contributed by atoms with E-state index in [1.165, 1.54) is 44.3 Å². The molecule has 0 aliphatic heterocycles. The van der Waals surface area contributed by atoms with Gasteiger partial charge in [0.25, 0.3) is 5.91 Å². The summed E-state index contributed by atoms with van der Waals surface area (Å²) in [5.74, 6) is -8.69. The summed E-state index contributed by atoms with van der Waals surface area (Å²) in [4.78, 5) is 128. The number of amides is 6. The van der Waals surface area contributed by atoms with E-state index in [-0.39, 0.29) is 42.2 Å². The van der Waals surface area contributed by atoms with Crippen LogP contribution in [0.15, 0.2) is 35.5 Å². The number of nitrogens with zero attached hydrogens (tertiary/aromatic N) is 3. The average Bonchev–Trinajstić information content (AvgIpc) is 3.42. The molecule has 31 heteroatoms. The summed E-state index contributed by atoms with van der Waals surface area (Å²) in [6.45, 7) is 3.15. The first-order valence-electron chi connectivity index (χ1n) is 25.2. The van der Waals surface area contributed by atoms with Gasteiger partial charge in [-0.05, 0) is 70.7 Å². The van der Waals surface area contributed by atoms with Crippen LogP contribution in [0.3, 0.4) is 0 Å². The van der Waals surface area contributed by atoms with Crippen LogP contribution in [0.2, 0.25) is 0 Å². The molecule has 0 bridgehead atoms. The van der Waals surface area contributed by atoms with Crippen LogP contribution in [0.5, 0.6) is 0 Å². The number of rotatable bonds is 37. The predicted octanol–water partition coefficient (Wildman–Crippen LogP) is -5.63. The highest BCUT2D eigenvalue weighted by molar-refractivity contribution is 5.98. The van der Waals surface area contributed by atoms with E-state index < -0.39 is 185 Å². The summed E-state index contributed by atoms with van der Waals surface area (Å²) >= 11 is 0. The summed E-state index contributed by atoms with van der Waals surface area (Å²) in [7, 11) is 0. The molecule has 0 aliphatic rings. The van der Waals surface area contributed by atoms with Gasteiger partial charge < -0.3 is 98.5 Å². The Morgan fingerprint density at radius 2 is 1.05 bits per heavy atom. The van der Waals surface area contributed by atoms with Crippen LogP contribution in [0.25, 0.3) is 0 Å². The van der Waals surface area contributed by atoms with Crippen molar-refractivity contribution >= 4 is 70.4 Å². The lowest BCUT2D eigenvalue weighted by Crippen LogP contribution is -2.55. The number of hydrogen-bond donors (Lipinski definition) is 19. The van der Waals surface area contributed by atoms with Crippen molar-refractivity contribution in [3.63, 3.8) is 0 Å². The van der Waals surface area contributed by atoms with Crippen molar-refractivity contribution in [2.45, 2.75) is 159 Å². The SMILES string of the molecule is CC(=O)c1nc(CNc2ccc(C(=O)N[C@@H](CCC(=O)N[C@@H](CCC(=O)NC[C@H](O)[C@@H](O)[C@H](O)[C@H](O)CO)C(=O)N[C@@H](CCC(=O)O)C(=O)N[C@H](C)CCC(=O)NC[C@H](O)[C@@H](O)[C@H](O)[C@H](O)CO)C(=O)O)cc2)cnc1N=C(C)C. The van der Waals surface area contributed by atoms with Crippen molar-refractivity contribution < 1.29 is 104 Å². The van der Waals surface area contributed by atoms with Crippen molar-refractivity contribution in [1.29, 1.82) is 0 Å². The number of aliphatic hydroxyl groups is 10. The zero-order valence-electron chi connectivity index (χ0n) is 44.4. The van der Waals surface area contributed by atoms with Crippen molar-refractivity contribution in [2.24, 2.45) is 4.99 Å². The summed E-state index contributed by atoms with van der Waals surface area (Å²) in [6.07, 6.45) is -17.8. The molecule has 1 aromatic heterocycles. The maximum atomic E-state index is 13.9. The molecule has 2 rings (SSSR count). The number of carbonyl (C=O) groups is 9. The molecule has 0 aliphatic carbocycles. The molecule has 1 aromatic carbocycles. The molecule has 446 valence electrons. The van der Waals surface area contributed by atoms with Crippen molar-refractivity contribution in [1.82, 2.24) is 41.9 Å². The minimum Gasteiger partial charge on any atom is -0.481 e. The zero-order chi connectivity index (χ0) is 60.4. The quantitative estimate of drug-likeness (QED) is 0.0221. The van der Waals surface area contributed by atoms with Crippen LogP contribution >= 0.6 is 0 Å². The van der Waals surface area contributed by atoms with Gasteiger partial charge in [-0.25, -0.2) is 19.8 Å². The lowest BCUT2D eigenvalue weighted by molar-refractivity contribution is -0.140. The highest BCUT2D eigenvalue weighted by Gasteiger charge is 2.33. The molecule has 0 spiro atoms. The van der Waals surface area contributed by atoms with E-state index in [4.69, 9.17) is 10.2 Å². The van der Waals surface area contributed by atoms with Gasteiger partial charge in [-0.3, -0.25) is 38.4 Å². The molecular formula is C49H74N10O21. The van der Waals surface area contributed by atoms with Crippen molar-refractivity contribution in [3.05, 3.63) is 47.4 Å². The second kappa shape index (κ2) is 34.7. The number of carbonyl (C=O) groups excluding carboxylic acids is 7. The monoisotopic (exact) mass is 1140 g/mol. The third-order valence-electron chi connectivity index (χ3n) is 11.8. The van der Waals surface area contributed by atoms with Gasteiger partial charge >= 0.3 is 11.9 Å². The Morgan fingerprint density at radius 1 is 0.575 bits per heavy atom. The number of hydrogen-bond acceptors (Lipinski definition) is 23. The average molecular weight is 1140 g/mol. The molecule has 31 nitrogen and oxygen atoms in total. The third-order valence-corrected chi connectivity index (χ3v) is 11.8. The first kappa shape index (κ1) is 68.9. The van der Waals surface area contributed by atoms with Gasteiger partial charge in [0.15, 0.2) is 17.3 Å². The molecule has 6 amide bonds. The predicted molar refractivity (Wildman–Crippen MR) is 277 cm³/mol. The number of aliphatic hydroxyl groups excluding tert-OH is 10. The summed E-state index contributed by atoms with van der Waals surface area (Å²) in [5, 5.41) is 134. The van der Waals surface area contributed by atoms with Crippen molar-refractivity contribution in [3.8, 4) is 0 Å². The minimum atomic E-state index is -2.05. The lowest BCUT2D eigenvalue weighted by atomic mass is 10.0. The number of nitrogens with one attached hydrogen (secondary N) is 7. The van der Waals surface area contributed by atoms with E-state index in [1.54, 1.807) is 13.8 Å². The van der Waals surface area contributed by atoms with Crippen LogP contribution < -0.4 is 37.2 Å². The maximum Gasteiger partial charge on any atom is 0.326 e. The maximum absolute atomic E-state index is 13.9. The van der Waals surface area contributed by atoms with E-state index in [1.807, 2.05) is 0 Å². The Labute approximate surface area is 458 Å². The molecular weight excluding hydrogens is 1060 g/mol. The minimum absolute atomic E-state index is 0.0174. The van der Waals surface area contributed by atoms with Crippen LogP contribution in [-0.2, 0) is 40.1 Å². The Balaban J connectivity index is 2.20. The first-order valence-corrected chi connectivity index (χ1v) is 25.2. The number of aliphatic imine (C=N–C) groups is 1. The number of carboxylic acid groups (broad SMARTS) is 2. The first-order chi connectivity index (χ1) is 37.6. The smallest absolute Gasteiger partial charge is 0.326 e. The third kappa shape index (κ3) is 24.4. The number of aliphatic carboxylic acids is 2. The number of ketones is 1. The van der Waals surface area contributed by atoms with Gasteiger partial charge in [0.05, 0.1) is 43.9 Å². The van der Waals surface area contributed by atoms with Gasteiger partial charge in [0.2, 0.25) is 29.5 Å². The van der Waals surface area contributed by atoms with Crippen LogP contribution in [0.4, 0.5) is 11.5 Å². The zero-order valence-corrected chi connectivity index (χ0v) is 44.4. The van der Waals surface area contributed by atoms with E-state index in [2.05, 4.69) is 52.2 Å². The van der Waals surface area contributed by atoms with Crippen LogP contribution in [0, 0.1) is 0 Å². The highest BCUT2D eigenvalue weighted by Crippen LogP contribution is 2.18.